The Kier molecular flexibility index (Phi) is 3.34. The topological polar surface area (TPSA) is 75.0 Å². The van der Waals surface area contributed by atoms with E-state index in [4.69, 9.17) is 9.94 Å². The summed E-state index contributed by atoms with van der Waals surface area (Å²) >= 11 is 0. The van der Waals surface area contributed by atoms with E-state index in [1.54, 1.807) is 17.9 Å². The Bertz CT molecular complexity index is 649. The summed E-state index contributed by atoms with van der Waals surface area (Å²) in [6.07, 6.45) is 0.708. The number of nitrogens with zero attached hydrogens (tertiary/aromatic N) is 3. The average Bonchev–Trinajstić information content (AvgIpc) is 3.22. The predicted octanol–water partition coefficient (Wildman–Crippen LogP) is 3.14. The molecule has 1 saturated carbocycles. The van der Waals surface area contributed by atoms with Crippen molar-refractivity contribution in [2.75, 3.05) is 11.4 Å². The van der Waals surface area contributed by atoms with Crippen LogP contribution in [0, 0.1) is 5.92 Å². The van der Waals surface area contributed by atoms with E-state index in [0.717, 1.165) is 17.8 Å². The van der Waals surface area contributed by atoms with Crippen LogP contribution in [-0.2, 0) is 4.74 Å². The highest BCUT2D eigenvalue weighted by Crippen LogP contribution is 2.54. The van der Waals surface area contributed by atoms with Crippen molar-refractivity contribution in [2.45, 2.75) is 45.6 Å². The third kappa shape index (κ3) is 2.65. The van der Waals surface area contributed by atoms with Gasteiger partial charge in [0.1, 0.15) is 11.3 Å². The predicted molar refractivity (Wildman–Crippen MR) is 82.7 cm³/mol. The third-order valence-corrected chi connectivity index (χ3v) is 4.02. The number of carbonyl (C=O) groups excluding carboxylic acids is 1. The lowest BCUT2D eigenvalue weighted by Gasteiger charge is -2.31. The Morgan fingerprint density at radius 3 is 2.82 bits per heavy atom. The maximum atomic E-state index is 12.4. The summed E-state index contributed by atoms with van der Waals surface area (Å²) in [5, 5.41) is 12.1. The number of anilines is 1. The zero-order valence-electron chi connectivity index (χ0n) is 13.3. The first-order chi connectivity index (χ1) is 10.3. The highest BCUT2D eigenvalue weighted by atomic mass is 16.6. The minimum atomic E-state index is -0.523. The molecule has 2 atom stereocenters. The van der Waals surface area contributed by atoms with Crippen molar-refractivity contribution in [1.82, 2.24) is 4.98 Å². The molecule has 1 aliphatic carbocycles. The van der Waals surface area contributed by atoms with Crippen LogP contribution in [0.5, 0.6) is 0 Å². The number of hydrogen-bond donors (Lipinski definition) is 1. The molecule has 0 spiro atoms. The number of fused-ring (bicyclic) bond motifs is 3. The smallest absolute Gasteiger partial charge is 0.414 e. The molecule has 2 unspecified atom stereocenters. The minimum Gasteiger partial charge on any atom is -0.443 e. The second kappa shape index (κ2) is 4.97. The minimum absolute atomic E-state index is 0.332. The van der Waals surface area contributed by atoms with Gasteiger partial charge in [-0.05, 0) is 52.2 Å². The fourth-order valence-electron chi connectivity index (χ4n) is 2.83. The molecule has 2 aliphatic rings. The van der Waals surface area contributed by atoms with Gasteiger partial charge in [-0.1, -0.05) is 5.16 Å². The summed E-state index contributed by atoms with van der Waals surface area (Å²) in [5.41, 5.74) is 2.29. The molecule has 22 heavy (non-hydrogen) atoms. The van der Waals surface area contributed by atoms with Crippen molar-refractivity contribution in [3.8, 4) is 0 Å². The molecular weight excluding hydrogens is 282 g/mol. The van der Waals surface area contributed by atoms with Gasteiger partial charge in [-0.15, -0.1) is 0 Å². The van der Waals surface area contributed by atoms with Gasteiger partial charge in [-0.25, -0.2) is 9.78 Å². The van der Waals surface area contributed by atoms with Crippen LogP contribution in [0.1, 0.15) is 51.4 Å². The van der Waals surface area contributed by atoms with Gasteiger partial charge in [-0.2, -0.15) is 0 Å². The van der Waals surface area contributed by atoms with Crippen LogP contribution in [-0.4, -0.2) is 34.1 Å². The summed E-state index contributed by atoms with van der Waals surface area (Å²) in [5.74, 6) is 0.856. The summed E-state index contributed by atoms with van der Waals surface area (Å²) in [7, 11) is 0. The first-order valence-electron chi connectivity index (χ1n) is 7.50. The molecule has 3 rings (SSSR count). The second-order valence-corrected chi connectivity index (χ2v) is 6.98. The lowest BCUT2D eigenvalue weighted by Crippen LogP contribution is -2.40. The molecule has 0 aromatic carbocycles. The Labute approximate surface area is 129 Å². The standard InChI is InChI=1S/C16H21N3O3/c1-9(18-21)12-5-6-13-14(17-12)11-7-10(11)8-19(13)15(20)22-16(2,3)4/h5-6,10-11,21H,7-8H2,1-4H3/b18-9+. The van der Waals surface area contributed by atoms with Crippen LogP contribution in [0.2, 0.25) is 0 Å². The Morgan fingerprint density at radius 2 is 2.18 bits per heavy atom. The zero-order chi connectivity index (χ0) is 16.1. The second-order valence-electron chi connectivity index (χ2n) is 6.98. The van der Waals surface area contributed by atoms with Crippen LogP contribution in [0.4, 0.5) is 10.5 Å². The quantitative estimate of drug-likeness (QED) is 0.491. The summed E-state index contributed by atoms with van der Waals surface area (Å²) in [6.45, 7) is 7.96. The number of amides is 1. The van der Waals surface area contributed by atoms with Crippen molar-refractivity contribution in [3.05, 3.63) is 23.5 Å². The number of oxime groups is 1. The number of pyridine rings is 1. The van der Waals surface area contributed by atoms with Crippen molar-refractivity contribution < 1.29 is 14.7 Å². The summed E-state index contributed by atoms with van der Waals surface area (Å²) in [4.78, 5) is 18.7. The molecule has 6 heteroatoms. The summed E-state index contributed by atoms with van der Waals surface area (Å²) < 4.78 is 5.50. The molecule has 1 amide bonds. The third-order valence-electron chi connectivity index (χ3n) is 4.02. The number of aromatic nitrogens is 1. The number of rotatable bonds is 1. The molecule has 0 bridgehead atoms. The zero-order valence-corrected chi connectivity index (χ0v) is 13.3. The van der Waals surface area contributed by atoms with Gasteiger partial charge in [0.15, 0.2) is 0 Å². The monoisotopic (exact) mass is 303 g/mol. The van der Waals surface area contributed by atoms with Gasteiger partial charge in [0, 0.05) is 12.5 Å². The Balaban J connectivity index is 1.94. The van der Waals surface area contributed by atoms with Gasteiger partial charge in [-0.3, -0.25) is 4.90 Å². The van der Waals surface area contributed by atoms with Crippen molar-refractivity contribution in [3.63, 3.8) is 0 Å². The first kappa shape index (κ1) is 14.8. The number of hydrogen-bond acceptors (Lipinski definition) is 5. The molecule has 1 N–H and O–H groups in total. The Hall–Kier alpha value is -2.11. The lowest BCUT2D eigenvalue weighted by molar-refractivity contribution is 0.0576. The van der Waals surface area contributed by atoms with Gasteiger partial charge < -0.3 is 9.94 Å². The molecule has 118 valence electrons. The van der Waals surface area contributed by atoms with Gasteiger partial charge in [0.05, 0.1) is 17.1 Å². The Morgan fingerprint density at radius 1 is 1.45 bits per heavy atom. The molecule has 0 radical (unpaired) electrons. The average molecular weight is 303 g/mol. The largest absolute Gasteiger partial charge is 0.443 e. The highest BCUT2D eigenvalue weighted by molar-refractivity contribution is 5.97. The van der Waals surface area contributed by atoms with Crippen molar-refractivity contribution in [2.24, 2.45) is 11.1 Å². The molecule has 1 aromatic rings. The molecular formula is C16H21N3O3. The van der Waals surface area contributed by atoms with E-state index in [1.165, 1.54) is 0 Å². The van der Waals surface area contributed by atoms with E-state index in [2.05, 4.69) is 10.1 Å². The molecule has 0 saturated heterocycles. The molecule has 1 aliphatic heterocycles. The highest BCUT2D eigenvalue weighted by Gasteiger charge is 2.48. The number of carbonyl (C=O) groups is 1. The van der Waals surface area contributed by atoms with Crippen LogP contribution in [0.15, 0.2) is 17.3 Å². The van der Waals surface area contributed by atoms with Crippen LogP contribution < -0.4 is 4.90 Å². The van der Waals surface area contributed by atoms with Gasteiger partial charge >= 0.3 is 6.09 Å². The summed E-state index contributed by atoms with van der Waals surface area (Å²) in [6, 6.07) is 3.64. The van der Waals surface area contributed by atoms with E-state index in [1.807, 2.05) is 26.8 Å². The maximum Gasteiger partial charge on any atom is 0.414 e. The van der Waals surface area contributed by atoms with Crippen LogP contribution >= 0.6 is 0 Å². The fourth-order valence-corrected chi connectivity index (χ4v) is 2.83. The van der Waals surface area contributed by atoms with Crippen molar-refractivity contribution >= 4 is 17.5 Å². The maximum absolute atomic E-state index is 12.4. The van der Waals surface area contributed by atoms with E-state index < -0.39 is 5.60 Å². The van der Waals surface area contributed by atoms with Gasteiger partial charge in [0.2, 0.25) is 0 Å². The normalized spacial score (nSPS) is 23.6. The molecule has 2 heterocycles. The van der Waals surface area contributed by atoms with Crippen LogP contribution in [0.25, 0.3) is 0 Å². The van der Waals surface area contributed by atoms with Gasteiger partial charge in [0.25, 0.3) is 0 Å². The SMILES string of the molecule is C/C(=N\O)c1ccc2c(n1)C1CC1CN2C(=O)OC(C)(C)C. The van der Waals surface area contributed by atoms with Crippen molar-refractivity contribution in [1.29, 1.82) is 0 Å². The van der Waals surface area contributed by atoms with E-state index >= 15 is 0 Å². The van der Waals surface area contributed by atoms with E-state index in [0.29, 0.717) is 29.8 Å². The first-order valence-corrected chi connectivity index (χ1v) is 7.50. The van der Waals surface area contributed by atoms with E-state index in [9.17, 15) is 4.79 Å². The number of ether oxygens (including phenoxy) is 1. The van der Waals surface area contributed by atoms with Crippen LogP contribution in [0.3, 0.4) is 0 Å². The molecule has 1 aromatic heterocycles. The molecule has 6 nitrogen and oxygen atoms in total. The van der Waals surface area contributed by atoms with E-state index in [-0.39, 0.29) is 6.09 Å². The molecule has 1 fully saturated rings. The fraction of sp³-hybridized carbons (Fsp3) is 0.562. The lowest BCUT2D eigenvalue weighted by atomic mass is 10.1.